The van der Waals surface area contributed by atoms with Crippen molar-refractivity contribution >= 4 is 28.3 Å². The highest BCUT2D eigenvalue weighted by Gasteiger charge is 2.16. The molecule has 0 saturated carbocycles. The third-order valence-electron chi connectivity index (χ3n) is 3.82. The number of carbonyl (C=O) groups excluding carboxylic acids is 2. The molecule has 1 heterocycles. The van der Waals surface area contributed by atoms with Gasteiger partial charge in [0.1, 0.15) is 0 Å². The largest absolute Gasteiger partial charge is 0.343 e. The van der Waals surface area contributed by atoms with E-state index >= 15 is 0 Å². The summed E-state index contributed by atoms with van der Waals surface area (Å²) in [5, 5.41) is 6.03. The summed E-state index contributed by atoms with van der Waals surface area (Å²) < 4.78 is 0. The molecular weight excluding hydrogens is 310 g/mol. The summed E-state index contributed by atoms with van der Waals surface area (Å²) >= 11 is 1.54. The molecule has 0 radical (unpaired) electrons. The van der Waals surface area contributed by atoms with Crippen molar-refractivity contribution in [3.05, 3.63) is 46.0 Å². The first kappa shape index (κ1) is 15.7. The number of hydrogen-bond acceptors (Lipinski definition) is 4. The molecule has 5 nitrogen and oxygen atoms in total. The lowest BCUT2D eigenvalue weighted by Gasteiger charge is -2.06. The molecule has 0 bridgehead atoms. The normalized spacial score (nSPS) is 13.3. The number of amides is 2. The van der Waals surface area contributed by atoms with E-state index in [1.165, 1.54) is 11.3 Å². The average Bonchev–Trinajstić information content (AvgIpc) is 2.95. The van der Waals surface area contributed by atoms with Crippen LogP contribution in [-0.2, 0) is 17.6 Å². The number of anilines is 1. The standard InChI is InChI=1S/C17H19N3O2S/c1-11-6-8-12(9-7-11)16(22)18-10-15(21)20-17-19-13-4-2-3-5-14(13)23-17/h6-9H,2-5,10H2,1H3,(H,18,22)(H,19,20,21). The number of nitrogens with zero attached hydrogens (tertiary/aromatic N) is 1. The zero-order valence-corrected chi connectivity index (χ0v) is 13.8. The Labute approximate surface area is 139 Å². The van der Waals surface area contributed by atoms with Crippen LogP contribution in [0.1, 0.15) is 39.3 Å². The second-order valence-electron chi connectivity index (χ2n) is 5.69. The van der Waals surface area contributed by atoms with Crippen LogP contribution in [0.15, 0.2) is 24.3 Å². The maximum atomic E-state index is 12.0. The minimum atomic E-state index is -0.253. The fourth-order valence-corrected chi connectivity index (χ4v) is 3.60. The zero-order valence-electron chi connectivity index (χ0n) is 13.0. The third kappa shape index (κ3) is 3.96. The predicted octanol–water partition coefficient (Wildman–Crippen LogP) is 2.70. The van der Waals surface area contributed by atoms with Gasteiger partial charge in [-0.05, 0) is 44.7 Å². The number of thiazole rings is 1. The van der Waals surface area contributed by atoms with Crippen molar-refractivity contribution in [2.24, 2.45) is 0 Å². The highest BCUT2D eigenvalue weighted by Crippen LogP contribution is 2.29. The van der Waals surface area contributed by atoms with E-state index in [-0.39, 0.29) is 18.4 Å². The summed E-state index contributed by atoms with van der Waals surface area (Å²) in [7, 11) is 0. The molecule has 1 aromatic carbocycles. The molecule has 0 saturated heterocycles. The lowest BCUT2D eigenvalue weighted by atomic mass is 10.0. The second-order valence-corrected chi connectivity index (χ2v) is 6.78. The highest BCUT2D eigenvalue weighted by molar-refractivity contribution is 7.15. The minimum Gasteiger partial charge on any atom is -0.343 e. The Kier molecular flexibility index (Phi) is 4.71. The number of carbonyl (C=O) groups is 2. The fraction of sp³-hybridized carbons (Fsp3) is 0.353. The molecule has 0 fully saturated rings. The quantitative estimate of drug-likeness (QED) is 0.906. The Bertz CT molecular complexity index is 698. The van der Waals surface area contributed by atoms with Crippen molar-refractivity contribution in [1.29, 1.82) is 0 Å². The van der Waals surface area contributed by atoms with Crippen molar-refractivity contribution in [2.45, 2.75) is 32.6 Å². The first-order valence-corrected chi connectivity index (χ1v) is 8.57. The van der Waals surface area contributed by atoms with Crippen LogP contribution in [0.25, 0.3) is 0 Å². The Morgan fingerprint density at radius 3 is 2.65 bits per heavy atom. The maximum absolute atomic E-state index is 12.0. The molecular formula is C17H19N3O2S. The number of nitrogens with one attached hydrogen (secondary N) is 2. The zero-order chi connectivity index (χ0) is 16.2. The van der Waals surface area contributed by atoms with Gasteiger partial charge < -0.3 is 10.6 Å². The summed E-state index contributed by atoms with van der Waals surface area (Å²) in [6, 6.07) is 7.24. The van der Waals surface area contributed by atoms with Gasteiger partial charge in [-0.1, -0.05) is 17.7 Å². The van der Waals surface area contributed by atoms with Crippen LogP contribution >= 0.6 is 11.3 Å². The summed E-state index contributed by atoms with van der Waals surface area (Å²) in [6.07, 6.45) is 4.39. The minimum absolute atomic E-state index is 0.0586. The summed E-state index contributed by atoms with van der Waals surface area (Å²) in [5.74, 6) is -0.504. The van der Waals surface area contributed by atoms with Crippen LogP contribution in [0.3, 0.4) is 0 Å². The molecule has 0 aliphatic heterocycles. The van der Waals surface area contributed by atoms with Gasteiger partial charge in [-0.2, -0.15) is 0 Å². The summed E-state index contributed by atoms with van der Waals surface area (Å²) in [4.78, 5) is 29.7. The molecule has 1 aliphatic rings. The molecule has 2 aromatic rings. The van der Waals surface area contributed by atoms with Crippen LogP contribution < -0.4 is 10.6 Å². The number of hydrogen-bond donors (Lipinski definition) is 2. The molecule has 0 unspecified atom stereocenters. The first-order valence-electron chi connectivity index (χ1n) is 7.75. The van der Waals surface area contributed by atoms with E-state index in [4.69, 9.17) is 0 Å². The van der Waals surface area contributed by atoms with E-state index in [0.717, 1.165) is 30.5 Å². The van der Waals surface area contributed by atoms with Crippen LogP contribution in [0.4, 0.5) is 5.13 Å². The molecule has 120 valence electrons. The van der Waals surface area contributed by atoms with Crippen molar-refractivity contribution in [2.75, 3.05) is 11.9 Å². The monoisotopic (exact) mass is 329 g/mol. The summed E-state index contributed by atoms with van der Waals surface area (Å²) in [6.45, 7) is 1.90. The van der Waals surface area contributed by atoms with Crippen LogP contribution in [0, 0.1) is 6.92 Å². The lowest BCUT2D eigenvalue weighted by Crippen LogP contribution is -2.32. The Hall–Kier alpha value is -2.21. The van der Waals surface area contributed by atoms with Gasteiger partial charge in [0.05, 0.1) is 12.2 Å². The molecule has 2 amide bonds. The molecule has 23 heavy (non-hydrogen) atoms. The predicted molar refractivity (Wildman–Crippen MR) is 90.9 cm³/mol. The Balaban J connectivity index is 1.52. The molecule has 2 N–H and O–H groups in total. The van der Waals surface area contributed by atoms with Gasteiger partial charge in [0.15, 0.2) is 5.13 Å². The van der Waals surface area contributed by atoms with Gasteiger partial charge in [-0.15, -0.1) is 11.3 Å². The highest BCUT2D eigenvalue weighted by atomic mass is 32.1. The molecule has 1 aromatic heterocycles. The number of aryl methyl sites for hydroxylation is 3. The Morgan fingerprint density at radius 2 is 1.91 bits per heavy atom. The SMILES string of the molecule is Cc1ccc(C(=O)NCC(=O)Nc2nc3c(s2)CCCC3)cc1. The van der Waals surface area contributed by atoms with Crippen molar-refractivity contribution in [3.8, 4) is 0 Å². The number of rotatable bonds is 4. The van der Waals surface area contributed by atoms with E-state index in [2.05, 4.69) is 15.6 Å². The van der Waals surface area contributed by atoms with Gasteiger partial charge in [0.25, 0.3) is 5.91 Å². The molecule has 3 rings (SSSR count). The first-order chi connectivity index (χ1) is 11.1. The number of aromatic nitrogens is 1. The van der Waals surface area contributed by atoms with Gasteiger partial charge in [-0.25, -0.2) is 4.98 Å². The van der Waals surface area contributed by atoms with Crippen molar-refractivity contribution in [3.63, 3.8) is 0 Å². The van der Waals surface area contributed by atoms with Crippen molar-refractivity contribution in [1.82, 2.24) is 10.3 Å². The maximum Gasteiger partial charge on any atom is 0.251 e. The fourth-order valence-electron chi connectivity index (χ4n) is 2.54. The molecule has 1 aliphatic carbocycles. The van der Waals surface area contributed by atoms with Crippen molar-refractivity contribution < 1.29 is 9.59 Å². The smallest absolute Gasteiger partial charge is 0.251 e. The Morgan fingerprint density at radius 1 is 1.17 bits per heavy atom. The average molecular weight is 329 g/mol. The van der Waals surface area contributed by atoms with E-state index < -0.39 is 0 Å². The number of benzene rings is 1. The van der Waals surface area contributed by atoms with Crippen LogP contribution in [-0.4, -0.2) is 23.3 Å². The second kappa shape index (κ2) is 6.91. The molecule has 0 spiro atoms. The van der Waals surface area contributed by atoms with E-state index in [1.54, 1.807) is 23.5 Å². The summed E-state index contributed by atoms with van der Waals surface area (Å²) in [5.41, 5.74) is 2.75. The molecule has 6 heteroatoms. The number of fused-ring (bicyclic) bond motifs is 1. The van der Waals surface area contributed by atoms with Gasteiger partial charge in [-0.3, -0.25) is 9.59 Å². The lowest BCUT2D eigenvalue weighted by molar-refractivity contribution is -0.115. The van der Waals surface area contributed by atoms with Crippen LogP contribution in [0.2, 0.25) is 0 Å². The topological polar surface area (TPSA) is 71.1 Å². The van der Waals surface area contributed by atoms with Gasteiger partial charge in [0.2, 0.25) is 5.91 Å². The van der Waals surface area contributed by atoms with Gasteiger partial charge in [0, 0.05) is 10.4 Å². The third-order valence-corrected chi connectivity index (χ3v) is 4.89. The van der Waals surface area contributed by atoms with Gasteiger partial charge >= 0.3 is 0 Å². The van der Waals surface area contributed by atoms with Crippen LogP contribution in [0.5, 0.6) is 0 Å². The molecule has 0 atom stereocenters. The van der Waals surface area contributed by atoms with E-state index in [0.29, 0.717) is 10.7 Å². The van der Waals surface area contributed by atoms with E-state index in [9.17, 15) is 9.59 Å². The van der Waals surface area contributed by atoms with E-state index in [1.807, 2.05) is 19.1 Å².